The fourth-order valence-corrected chi connectivity index (χ4v) is 2.97. The molecule has 0 amide bonds. The molecule has 0 aliphatic carbocycles. The first kappa shape index (κ1) is 17.9. The van der Waals surface area contributed by atoms with Crippen LogP contribution in [-0.4, -0.2) is 26.8 Å². The number of hydrogen-bond donors (Lipinski definition) is 0. The third-order valence-electron chi connectivity index (χ3n) is 3.36. The van der Waals surface area contributed by atoms with E-state index in [2.05, 4.69) is 26.8 Å². The lowest BCUT2D eigenvalue weighted by Crippen LogP contribution is -2.22. The Morgan fingerprint density at radius 1 is 1.19 bits per heavy atom. The standard InChI is InChI=1S/C17H27NO2S/c1-6-7-15(9-8-14(2)3)16-10-12-17(13-11-16)21(19,20)18(4)5/h9-14H,6-8H2,1-5H3/b15-9-. The number of sulfonamides is 1. The summed E-state index contributed by atoms with van der Waals surface area (Å²) in [6, 6.07) is 7.23. The van der Waals surface area contributed by atoms with Crippen molar-refractivity contribution in [2.45, 2.75) is 44.9 Å². The highest BCUT2D eigenvalue weighted by atomic mass is 32.2. The summed E-state index contributed by atoms with van der Waals surface area (Å²) >= 11 is 0. The molecule has 1 rings (SSSR count). The Bertz CT molecular complexity index is 569. The molecule has 0 aliphatic rings. The van der Waals surface area contributed by atoms with Gasteiger partial charge in [0.15, 0.2) is 0 Å². The van der Waals surface area contributed by atoms with Gasteiger partial charge in [0.1, 0.15) is 0 Å². The lowest BCUT2D eigenvalue weighted by atomic mass is 9.98. The van der Waals surface area contributed by atoms with Crippen LogP contribution in [0.2, 0.25) is 0 Å². The maximum absolute atomic E-state index is 12.1. The van der Waals surface area contributed by atoms with Crippen LogP contribution in [-0.2, 0) is 10.0 Å². The molecule has 0 N–H and O–H groups in total. The number of allylic oxidation sites excluding steroid dienone is 2. The van der Waals surface area contributed by atoms with Gasteiger partial charge in [-0.2, -0.15) is 0 Å². The fourth-order valence-electron chi connectivity index (χ4n) is 2.06. The molecule has 0 heterocycles. The van der Waals surface area contributed by atoms with Gasteiger partial charge in [-0.25, -0.2) is 12.7 Å². The summed E-state index contributed by atoms with van der Waals surface area (Å²) < 4.78 is 25.4. The van der Waals surface area contributed by atoms with Crippen molar-refractivity contribution in [3.05, 3.63) is 35.9 Å². The van der Waals surface area contributed by atoms with Crippen LogP contribution in [0.25, 0.3) is 5.57 Å². The second-order valence-electron chi connectivity index (χ2n) is 5.92. The van der Waals surface area contributed by atoms with E-state index in [-0.39, 0.29) is 0 Å². The monoisotopic (exact) mass is 309 g/mol. The first-order valence-electron chi connectivity index (χ1n) is 7.51. The van der Waals surface area contributed by atoms with Crippen molar-refractivity contribution in [2.24, 2.45) is 5.92 Å². The smallest absolute Gasteiger partial charge is 0.207 e. The van der Waals surface area contributed by atoms with Crippen molar-refractivity contribution in [3.63, 3.8) is 0 Å². The highest BCUT2D eigenvalue weighted by Gasteiger charge is 2.16. The molecule has 0 unspecified atom stereocenters. The Kier molecular flexibility index (Phi) is 6.62. The van der Waals surface area contributed by atoms with Gasteiger partial charge in [0, 0.05) is 14.1 Å². The molecule has 0 aliphatic heterocycles. The molecule has 1 aromatic carbocycles. The molecule has 3 nitrogen and oxygen atoms in total. The van der Waals surface area contributed by atoms with Crippen LogP contribution in [0.1, 0.15) is 45.6 Å². The van der Waals surface area contributed by atoms with Gasteiger partial charge >= 0.3 is 0 Å². The topological polar surface area (TPSA) is 37.4 Å². The number of benzene rings is 1. The zero-order valence-corrected chi connectivity index (χ0v) is 14.6. The van der Waals surface area contributed by atoms with Gasteiger partial charge in [0.2, 0.25) is 10.0 Å². The summed E-state index contributed by atoms with van der Waals surface area (Å²) in [6.45, 7) is 6.56. The number of nitrogens with zero attached hydrogens (tertiary/aromatic N) is 1. The lowest BCUT2D eigenvalue weighted by molar-refractivity contribution is 0.521. The predicted octanol–water partition coefficient (Wildman–Crippen LogP) is 4.17. The highest BCUT2D eigenvalue weighted by Crippen LogP contribution is 2.24. The number of rotatable bonds is 7. The van der Waals surface area contributed by atoms with Crippen LogP contribution in [0.5, 0.6) is 0 Å². The maximum Gasteiger partial charge on any atom is 0.242 e. The van der Waals surface area contributed by atoms with Gasteiger partial charge in [0.05, 0.1) is 4.90 Å². The minimum atomic E-state index is -3.34. The highest BCUT2D eigenvalue weighted by molar-refractivity contribution is 7.89. The predicted molar refractivity (Wildman–Crippen MR) is 89.7 cm³/mol. The Morgan fingerprint density at radius 3 is 2.19 bits per heavy atom. The van der Waals surface area contributed by atoms with E-state index in [0.717, 1.165) is 24.8 Å². The lowest BCUT2D eigenvalue weighted by Gasteiger charge is -2.13. The Labute approximate surface area is 129 Å². The van der Waals surface area contributed by atoms with Gasteiger partial charge in [-0.3, -0.25) is 0 Å². The van der Waals surface area contributed by atoms with E-state index >= 15 is 0 Å². The van der Waals surface area contributed by atoms with Crippen molar-refractivity contribution in [3.8, 4) is 0 Å². The van der Waals surface area contributed by atoms with Crippen molar-refractivity contribution in [2.75, 3.05) is 14.1 Å². The van der Waals surface area contributed by atoms with E-state index in [4.69, 9.17) is 0 Å². The summed E-state index contributed by atoms with van der Waals surface area (Å²) in [5.41, 5.74) is 2.43. The minimum Gasteiger partial charge on any atom is -0.207 e. The summed E-state index contributed by atoms with van der Waals surface area (Å²) in [5, 5.41) is 0. The van der Waals surface area contributed by atoms with Crippen LogP contribution < -0.4 is 0 Å². The van der Waals surface area contributed by atoms with E-state index in [9.17, 15) is 8.42 Å². The first-order valence-corrected chi connectivity index (χ1v) is 8.95. The molecule has 0 radical (unpaired) electrons. The molecule has 4 heteroatoms. The van der Waals surface area contributed by atoms with Crippen LogP contribution in [0.15, 0.2) is 35.2 Å². The van der Waals surface area contributed by atoms with Gasteiger partial charge in [-0.15, -0.1) is 0 Å². The molecule has 0 atom stereocenters. The molecule has 21 heavy (non-hydrogen) atoms. The molecule has 0 saturated carbocycles. The number of hydrogen-bond acceptors (Lipinski definition) is 2. The maximum atomic E-state index is 12.1. The van der Waals surface area contributed by atoms with Crippen molar-refractivity contribution in [1.82, 2.24) is 4.31 Å². The second-order valence-corrected chi connectivity index (χ2v) is 8.07. The molecule has 1 aromatic rings. The zero-order chi connectivity index (χ0) is 16.0. The molecule has 118 valence electrons. The average molecular weight is 309 g/mol. The second kappa shape index (κ2) is 7.76. The quantitative estimate of drug-likeness (QED) is 0.758. The summed E-state index contributed by atoms with van der Waals surface area (Å²) in [6.07, 6.45) is 5.44. The molecule has 0 saturated heterocycles. The summed E-state index contributed by atoms with van der Waals surface area (Å²) in [5.74, 6) is 0.630. The Hall–Kier alpha value is -1.13. The SMILES string of the molecule is CCC/C(=C/CC(C)C)c1ccc(S(=O)(=O)N(C)C)cc1. The van der Waals surface area contributed by atoms with Crippen LogP contribution >= 0.6 is 0 Å². The van der Waals surface area contributed by atoms with Crippen molar-refractivity contribution >= 4 is 15.6 Å². The van der Waals surface area contributed by atoms with Gasteiger partial charge in [-0.05, 0) is 42.0 Å². The van der Waals surface area contributed by atoms with Gasteiger partial charge in [-0.1, -0.05) is 45.4 Å². The average Bonchev–Trinajstić information content (AvgIpc) is 2.43. The molecule has 0 aromatic heterocycles. The van der Waals surface area contributed by atoms with Crippen LogP contribution in [0.3, 0.4) is 0 Å². The summed E-state index contributed by atoms with van der Waals surface area (Å²) in [7, 11) is -0.244. The zero-order valence-electron chi connectivity index (χ0n) is 13.8. The van der Waals surface area contributed by atoms with Crippen molar-refractivity contribution in [1.29, 1.82) is 0 Å². The third kappa shape index (κ3) is 4.97. The van der Waals surface area contributed by atoms with Gasteiger partial charge in [0.25, 0.3) is 0 Å². The molecular weight excluding hydrogens is 282 g/mol. The van der Waals surface area contributed by atoms with Crippen LogP contribution in [0, 0.1) is 5.92 Å². The largest absolute Gasteiger partial charge is 0.242 e. The first-order chi connectivity index (χ1) is 9.78. The van der Waals surface area contributed by atoms with E-state index in [0.29, 0.717) is 10.8 Å². The van der Waals surface area contributed by atoms with Gasteiger partial charge < -0.3 is 0 Å². The molecule has 0 fully saturated rings. The van der Waals surface area contributed by atoms with E-state index in [1.165, 1.54) is 9.88 Å². The van der Waals surface area contributed by atoms with Crippen molar-refractivity contribution < 1.29 is 8.42 Å². The molecular formula is C17H27NO2S. The van der Waals surface area contributed by atoms with Crippen LogP contribution in [0.4, 0.5) is 0 Å². The Morgan fingerprint density at radius 2 is 1.76 bits per heavy atom. The third-order valence-corrected chi connectivity index (χ3v) is 5.19. The summed E-state index contributed by atoms with van der Waals surface area (Å²) in [4.78, 5) is 0.343. The van der Waals surface area contributed by atoms with E-state index in [1.54, 1.807) is 26.2 Å². The van der Waals surface area contributed by atoms with E-state index < -0.39 is 10.0 Å². The van der Waals surface area contributed by atoms with E-state index in [1.807, 2.05) is 12.1 Å². The minimum absolute atomic E-state index is 0.343. The normalized spacial score (nSPS) is 13.2. The molecule has 0 spiro atoms. The molecule has 0 bridgehead atoms. The Balaban J connectivity index is 3.06. The fraction of sp³-hybridized carbons (Fsp3) is 0.529.